The van der Waals surface area contributed by atoms with Crippen molar-refractivity contribution in [3.63, 3.8) is 0 Å². The maximum Gasteiger partial charge on any atom is 0.166 e. The first kappa shape index (κ1) is 20.7. The van der Waals surface area contributed by atoms with Crippen LogP contribution in [0.4, 0.5) is 16.0 Å². The second-order valence-electron chi connectivity index (χ2n) is 7.02. The molecule has 3 heterocycles. The van der Waals surface area contributed by atoms with Crippen LogP contribution < -0.4 is 15.8 Å². The average Bonchev–Trinajstić information content (AvgIpc) is 2.73. The highest BCUT2D eigenvalue weighted by atomic mass is 35.5. The molecule has 4 N–H and O–H groups in total. The van der Waals surface area contributed by atoms with Gasteiger partial charge in [-0.1, -0.05) is 23.2 Å². The normalized spacial score (nSPS) is 16.5. The van der Waals surface area contributed by atoms with E-state index in [0.717, 1.165) is 11.1 Å². The lowest BCUT2D eigenvalue weighted by atomic mass is 10.00. The van der Waals surface area contributed by atoms with E-state index in [0.29, 0.717) is 35.7 Å². The minimum Gasteiger partial charge on any atom is -0.482 e. The molecule has 0 fully saturated rings. The van der Waals surface area contributed by atoms with Crippen molar-refractivity contribution in [1.82, 2.24) is 9.97 Å². The molecule has 0 saturated heterocycles. The molecular formula is C21H19Cl2FN4O2. The predicted octanol–water partition coefficient (Wildman–Crippen LogP) is 5.16. The van der Waals surface area contributed by atoms with Crippen LogP contribution in [-0.2, 0) is 0 Å². The van der Waals surface area contributed by atoms with E-state index in [1.165, 1.54) is 12.1 Å². The summed E-state index contributed by atoms with van der Waals surface area (Å²) < 4.78 is 19.8. The van der Waals surface area contributed by atoms with Gasteiger partial charge in [0, 0.05) is 46.2 Å². The van der Waals surface area contributed by atoms with Crippen LogP contribution in [0.2, 0.25) is 10.0 Å². The van der Waals surface area contributed by atoms with E-state index in [4.69, 9.17) is 33.7 Å². The Bertz CT molecular complexity index is 1110. The SMILES string of the molecule is C[C@@H](Oc1cc(-c2cnc3c(c2)C(O)CCN3)cnc1N)c1c(Cl)ccc(F)c1Cl. The quantitative estimate of drug-likeness (QED) is 0.477. The number of nitrogen functional groups attached to an aromatic ring is 1. The van der Waals surface area contributed by atoms with E-state index in [2.05, 4.69) is 15.3 Å². The fourth-order valence-corrected chi connectivity index (χ4v) is 4.07. The minimum atomic E-state index is -0.673. The Balaban J connectivity index is 1.66. The third-order valence-corrected chi connectivity index (χ3v) is 5.70. The van der Waals surface area contributed by atoms with Gasteiger partial charge in [-0.3, -0.25) is 0 Å². The average molecular weight is 449 g/mol. The molecule has 0 spiro atoms. The summed E-state index contributed by atoms with van der Waals surface area (Å²) in [5.41, 5.74) is 8.50. The summed E-state index contributed by atoms with van der Waals surface area (Å²) in [5.74, 6) is 0.551. The Kier molecular flexibility index (Phi) is 5.69. The van der Waals surface area contributed by atoms with Gasteiger partial charge in [0.25, 0.3) is 0 Å². The molecule has 1 aromatic carbocycles. The molecule has 1 aliphatic rings. The zero-order valence-corrected chi connectivity index (χ0v) is 17.5. The number of aliphatic hydroxyl groups is 1. The van der Waals surface area contributed by atoms with E-state index in [1.807, 2.05) is 6.07 Å². The number of nitrogens with one attached hydrogen (secondary N) is 1. The second-order valence-corrected chi connectivity index (χ2v) is 7.80. The van der Waals surface area contributed by atoms with Crippen LogP contribution in [-0.4, -0.2) is 21.6 Å². The fraction of sp³-hybridized carbons (Fsp3) is 0.238. The fourth-order valence-electron chi connectivity index (χ4n) is 3.40. The summed E-state index contributed by atoms with van der Waals surface area (Å²) in [6, 6.07) is 6.20. The number of nitrogens with zero attached hydrogens (tertiary/aromatic N) is 2. The van der Waals surface area contributed by atoms with Crippen LogP contribution in [0.1, 0.15) is 36.7 Å². The maximum absolute atomic E-state index is 13.9. The highest BCUT2D eigenvalue weighted by Gasteiger charge is 2.22. The Labute approximate surface area is 182 Å². The number of nitrogens with two attached hydrogens (primary N) is 1. The van der Waals surface area contributed by atoms with Gasteiger partial charge in [0.05, 0.1) is 11.1 Å². The summed E-state index contributed by atoms with van der Waals surface area (Å²) in [6.45, 7) is 2.37. The molecule has 1 unspecified atom stereocenters. The van der Waals surface area contributed by atoms with Crippen LogP contribution in [0.5, 0.6) is 5.75 Å². The minimum absolute atomic E-state index is 0.0990. The Morgan fingerprint density at radius 1 is 1.23 bits per heavy atom. The molecule has 3 aromatic rings. The molecule has 0 saturated carbocycles. The zero-order chi connectivity index (χ0) is 21.4. The molecule has 2 aromatic heterocycles. The molecular weight excluding hydrogens is 430 g/mol. The van der Waals surface area contributed by atoms with Crippen molar-refractivity contribution in [2.75, 3.05) is 17.6 Å². The molecule has 2 atom stereocenters. The largest absolute Gasteiger partial charge is 0.482 e. The number of hydrogen-bond donors (Lipinski definition) is 3. The van der Waals surface area contributed by atoms with Crippen molar-refractivity contribution in [2.45, 2.75) is 25.6 Å². The Morgan fingerprint density at radius 3 is 2.77 bits per heavy atom. The van der Waals surface area contributed by atoms with Crippen molar-refractivity contribution >= 4 is 34.8 Å². The lowest BCUT2D eigenvalue weighted by Crippen LogP contribution is -2.17. The lowest BCUT2D eigenvalue weighted by Gasteiger charge is -2.22. The number of fused-ring (bicyclic) bond motifs is 1. The van der Waals surface area contributed by atoms with E-state index in [-0.39, 0.29) is 15.9 Å². The Morgan fingerprint density at radius 2 is 1.97 bits per heavy atom. The van der Waals surface area contributed by atoms with Crippen molar-refractivity contribution in [3.05, 3.63) is 63.6 Å². The van der Waals surface area contributed by atoms with Gasteiger partial charge >= 0.3 is 0 Å². The molecule has 0 radical (unpaired) electrons. The molecule has 0 bridgehead atoms. The first-order valence-corrected chi connectivity index (χ1v) is 10.1. The molecule has 6 nitrogen and oxygen atoms in total. The standard InChI is InChI=1S/C21H19Cl2FN4O2/c1-10(18-14(22)2-3-15(24)19(18)23)30-17-7-12(8-27-20(17)25)11-6-13-16(29)4-5-26-21(13)28-9-11/h2-3,6-10,16,29H,4-5H2,1H3,(H2,25,27)(H,26,28)/t10-,16?/m1/s1. The number of aromatic nitrogens is 2. The predicted molar refractivity (Wildman–Crippen MR) is 115 cm³/mol. The third kappa shape index (κ3) is 3.88. The maximum atomic E-state index is 13.9. The topological polar surface area (TPSA) is 93.3 Å². The number of rotatable bonds is 4. The third-order valence-electron chi connectivity index (χ3n) is 4.99. The van der Waals surface area contributed by atoms with Crippen molar-refractivity contribution in [3.8, 4) is 16.9 Å². The molecule has 1 aliphatic heterocycles. The molecule has 0 amide bonds. The van der Waals surface area contributed by atoms with Gasteiger partial charge in [0.1, 0.15) is 17.7 Å². The van der Waals surface area contributed by atoms with Gasteiger partial charge in [-0.25, -0.2) is 14.4 Å². The number of ether oxygens (including phenoxy) is 1. The van der Waals surface area contributed by atoms with Crippen LogP contribution in [0.3, 0.4) is 0 Å². The summed E-state index contributed by atoms with van der Waals surface area (Å²) in [7, 11) is 0. The number of aliphatic hydroxyl groups excluding tert-OH is 1. The van der Waals surface area contributed by atoms with Crippen molar-refractivity contribution in [1.29, 1.82) is 0 Å². The van der Waals surface area contributed by atoms with Crippen molar-refractivity contribution in [2.24, 2.45) is 0 Å². The summed E-state index contributed by atoms with van der Waals surface area (Å²) in [4.78, 5) is 8.59. The van der Waals surface area contributed by atoms with Gasteiger partial charge in [0.2, 0.25) is 0 Å². The van der Waals surface area contributed by atoms with Crippen LogP contribution in [0.25, 0.3) is 11.1 Å². The molecule has 156 valence electrons. The smallest absolute Gasteiger partial charge is 0.166 e. The van der Waals surface area contributed by atoms with Crippen molar-refractivity contribution < 1.29 is 14.2 Å². The number of halogens is 3. The first-order valence-electron chi connectivity index (χ1n) is 9.33. The van der Waals surface area contributed by atoms with Crippen LogP contribution in [0, 0.1) is 5.82 Å². The van der Waals surface area contributed by atoms with Gasteiger partial charge < -0.3 is 20.9 Å². The van der Waals surface area contributed by atoms with E-state index >= 15 is 0 Å². The molecule has 0 aliphatic carbocycles. The molecule has 30 heavy (non-hydrogen) atoms. The van der Waals surface area contributed by atoms with E-state index in [9.17, 15) is 9.50 Å². The monoisotopic (exact) mass is 448 g/mol. The Hall–Kier alpha value is -2.61. The highest BCUT2D eigenvalue weighted by molar-refractivity contribution is 6.36. The van der Waals surface area contributed by atoms with E-state index < -0.39 is 18.0 Å². The molecule has 4 rings (SSSR count). The summed E-state index contributed by atoms with van der Waals surface area (Å²) in [6.07, 6.45) is 2.64. The lowest BCUT2D eigenvalue weighted by molar-refractivity contribution is 0.168. The summed E-state index contributed by atoms with van der Waals surface area (Å²) in [5, 5.41) is 13.6. The van der Waals surface area contributed by atoms with Gasteiger partial charge in [-0.05, 0) is 37.6 Å². The first-order chi connectivity index (χ1) is 14.3. The number of hydrogen-bond acceptors (Lipinski definition) is 6. The molecule has 9 heteroatoms. The highest BCUT2D eigenvalue weighted by Crippen LogP contribution is 2.38. The van der Waals surface area contributed by atoms with Gasteiger partial charge in [-0.15, -0.1) is 0 Å². The van der Waals surface area contributed by atoms with E-state index in [1.54, 1.807) is 25.4 Å². The van der Waals surface area contributed by atoms with Crippen LogP contribution in [0.15, 0.2) is 36.7 Å². The van der Waals surface area contributed by atoms with Crippen LogP contribution >= 0.6 is 23.2 Å². The second kappa shape index (κ2) is 8.26. The summed E-state index contributed by atoms with van der Waals surface area (Å²) >= 11 is 12.3. The number of anilines is 2. The van der Waals surface area contributed by atoms with Gasteiger partial charge in [-0.2, -0.15) is 0 Å². The number of benzene rings is 1. The van der Waals surface area contributed by atoms with Gasteiger partial charge in [0.15, 0.2) is 11.6 Å². The zero-order valence-electron chi connectivity index (χ0n) is 16.0. The number of pyridine rings is 2.